The minimum Gasteiger partial charge on any atom is -0.724 e. The molecule has 0 radical (unpaired) electrons. The Kier molecular flexibility index (Phi) is 26.8. The van der Waals surface area contributed by atoms with Gasteiger partial charge in [-0.1, -0.05) is 0 Å². The Morgan fingerprint density at radius 1 is 0.415 bits per heavy atom. The zero-order valence-corrected chi connectivity index (χ0v) is 23.6. The van der Waals surface area contributed by atoms with E-state index in [1.807, 2.05) is 0 Å². The molecular formula is C18H24N12NiO8S2. The molecule has 0 aromatic rings. The van der Waals surface area contributed by atoms with Gasteiger partial charge in [0.2, 0.25) is 20.8 Å². The first-order valence-electron chi connectivity index (χ1n) is 10.5. The topological polar surface area (TPSA) is 281 Å². The van der Waals surface area contributed by atoms with E-state index in [2.05, 4.69) is 68.6 Å². The molecule has 6 aliphatic rings. The van der Waals surface area contributed by atoms with Gasteiger partial charge in [-0.25, -0.2) is 46.8 Å². The Balaban J connectivity index is 0. The molecule has 41 heavy (non-hydrogen) atoms. The van der Waals surface area contributed by atoms with Crippen molar-refractivity contribution in [2.45, 2.75) is 0 Å². The van der Waals surface area contributed by atoms with E-state index in [0.29, 0.717) is 0 Å². The Morgan fingerprint density at radius 2 is 0.585 bits per heavy atom. The second-order valence-corrected chi connectivity index (χ2v) is 7.73. The van der Waals surface area contributed by atoms with Crippen molar-refractivity contribution in [3.05, 3.63) is 0 Å². The van der Waals surface area contributed by atoms with Gasteiger partial charge in [0.1, 0.15) is 38.0 Å². The molecule has 23 heteroatoms. The molecule has 0 bridgehead atoms. The van der Waals surface area contributed by atoms with Crippen LogP contribution in [0.3, 0.4) is 0 Å². The van der Waals surface area contributed by atoms with Crippen LogP contribution >= 0.6 is 0 Å². The fourth-order valence-corrected chi connectivity index (χ4v) is 2.03. The van der Waals surface area contributed by atoms with Gasteiger partial charge < -0.3 is 9.11 Å². The summed E-state index contributed by atoms with van der Waals surface area (Å²) in [4.78, 5) is 44.4. The molecule has 0 aromatic carbocycles. The van der Waals surface area contributed by atoms with Gasteiger partial charge in [-0.15, -0.1) is 8.67 Å². The van der Waals surface area contributed by atoms with Crippen LogP contribution in [0.1, 0.15) is 0 Å². The van der Waals surface area contributed by atoms with Crippen molar-refractivity contribution in [3.8, 4) is 0 Å². The largest absolute Gasteiger partial charge is 2.00 e. The maximum Gasteiger partial charge on any atom is 2.00 e. The molecule has 0 aromatic heterocycles. The third-order valence-corrected chi connectivity index (χ3v) is 3.39. The number of aliphatic imine (C=N–C) groups is 12. The molecule has 6 heterocycles. The molecule has 0 aliphatic carbocycles. The smallest absolute Gasteiger partial charge is 0.724 e. The van der Waals surface area contributed by atoms with Crippen LogP contribution in [0.4, 0.5) is 0 Å². The molecule has 226 valence electrons. The summed E-state index contributed by atoms with van der Waals surface area (Å²) in [5, 5.41) is 0. The molecule has 6 rings (SSSR count). The number of nitrogens with zero attached hydrogens (tertiary/aromatic N) is 12. The van der Waals surface area contributed by atoms with E-state index < -0.39 is 20.8 Å². The first-order chi connectivity index (χ1) is 19.2. The summed E-state index contributed by atoms with van der Waals surface area (Å²) in [6.07, 6.45) is 19.9. The summed E-state index contributed by atoms with van der Waals surface area (Å²) in [7, 11) is -10.6. The molecular weight excluding hydrogens is 635 g/mol. The first-order valence-corrected chi connectivity index (χ1v) is 13.2. The molecule has 6 aliphatic heterocycles. The van der Waals surface area contributed by atoms with E-state index in [0.717, 1.165) is 39.3 Å². The third-order valence-electron chi connectivity index (χ3n) is 2.84. The maximum absolute atomic E-state index is 9.37. The third kappa shape index (κ3) is 38.5. The van der Waals surface area contributed by atoms with E-state index in [1.165, 1.54) is 0 Å². The van der Waals surface area contributed by atoms with Crippen LogP contribution < -0.4 is 0 Å². The zero-order chi connectivity index (χ0) is 29.6. The summed E-state index contributed by atoms with van der Waals surface area (Å²) >= 11 is 0. The van der Waals surface area contributed by atoms with Crippen LogP contribution in [-0.4, -0.2) is 141 Å². The van der Waals surface area contributed by atoms with Crippen molar-refractivity contribution in [2.24, 2.45) is 59.9 Å². The number of rotatable bonds is 3. The van der Waals surface area contributed by atoms with Crippen LogP contribution in [-0.2, 0) is 46.0 Å². The van der Waals surface area contributed by atoms with Crippen LogP contribution in [0.2, 0.25) is 0 Å². The summed E-state index contributed by atoms with van der Waals surface area (Å²) in [6.45, 7) is 4.67. The standard InChI is InChI=1S/6C3H4N2.Ni.H2O8S2/c6*1-2-5-3-4-1;;1-9(2,3)7-8-10(4,5)6/h6*1,3H,2H2;;(H,1,2,3)(H,4,5,6)/q;;;;;;+2;/p-2. The Hall–Kier alpha value is -3.73. The second kappa shape index (κ2) is 27.8. The van der Waals surface area contributed by atoms with Gasteiger partial charge in [0, 0.05) is 37.3 Å². The van der Waals surface area contributed by atoms with Crippen LogP contribution in [0.15, 0.2) is 59.9 Å². The Bertz CT molecular complexity index is 1010. The van der Waals surface area contributed by atoms with Gasteiger partial charge in [0.25, 0.3) is 0 Å². The van der Waals surface area contributed by atoms with Gasteiger partial charge in [-0.05, 0) is 0 Å². The van der Waals surface area contributed by atoms with Crippen molar-refractivity contribution in [1.82, 2.24) is 0 Å². The molecule has 0 amide bonds. The Labute approximate surface area is 246 Å². The van der Waals surface area contributed by atoms with E-state index in [1.54, 1.807) is 75.3 Å². The molecule has 0 atom stereocenters. The second-order valence-electron chi connectivity index (χ2n) is 5.83. The summed E-state index contributed by atoms with van der Waals surface area (Å²) in [6, 6.07) is 0. The number of hydrogen-bond acceptors (Lipinski definition) is 20. The molecule has 0 saturated heterocycles. The quantitative estimate of drug-likeness (QED) is 0.112. The van der Waals surface area contributed by atoms with Crippen molar-refractivity contribution >= 4 is 96.1 Å². The monoisotopic (exact) mass is 658 g/mol. The maximum atomic E-state index is 9.37. The van der Waals surface area contributed by atoms with Crippen molar-refractivity contribution in [2.75, 3.05) is 39.3 Å². The molecule has 0 N–H and O–H groups in total. The van der Waals surface area contributed by atoms with E-state index >= 15 is 0 Å². The van der Waals surface area contributed by atoms with E-state index in [9.17, 15) is 25.9 Å². The van der Waals surface area contributed by atoms with Crippen molar-refractivity contribution in [3.63, 3.8) is 0 Å². The van der Waals surface area contributed by atoms with Gasteiger partial charge in [0.05, 0.1) is 39.3 Å². The van der Waals surface area contributed by atoms with Gasteiger partial charge >= 0.3 is 16.5 Å². The Morgan fingerprint density at radius 3 is 0.634 bits per heavy atom. The van der Waals surface area contributed by atoms with Crippen molar-refractivity contribution in [1.29, 1.82) is 0 Å². The summed E-state index contributed by atoms with van der Waals surface area (Å²) < 4.78 is 61.5. The fraction of sp³-hybridized carbons (Fsp3) is 0.333. The fourth-order valence-electron chi connectivity index (χ4n) is 1.48. The SMILES string of the molecule is C1=NC=NC1.C1=NC=NC1.C1=NC=NC1.C1=NC=NC1.C1=NC=NC1.C1=NC=NC1.O=S(=O)([O-])OOS(=O)(=O)[O-].[Ni+2]. The number of hydrogen-bond donors (Lipinski definition) is 0. The normalized spacial score (nSPS) is 16.1. The minimum atomic E-state index is -5.31. The van der Waals surface area contributed by atoms with Crippen LogP contribution in [0.25, 0.3) is 0 Å². The molecule has 0 saturated carbocycles. The zero-order valence-electron chi connectivity index (χ0n) is 20.9. The predicted octanol–water partition coefficient (Wildman–Crippen LogP) is -1.55. The molecule has 20 nitrogen and oxygen atoms in total. The van der Waals surface area contributed by atoms with Gasteiger partial charge in [-0.2, -0.15) is 0 Å². The molecule has 0 unspecified atom stereocenters. The predicted molar refractivity (Wildman–Crippen MR) is 153 cm³/mol. The van der Waals surface area contributed by atoms with Crippen LogP contribution in [0, 0.1) is 0 Å². The summed E-state index contributed by atoms with van der Waals surface area (Å²) in [5.41, 5.74) is 0. The van der Waals surface area contributed by atoms with E-state index in [4.69, 9.17) is 0 Å². The van der Waals surface area contributed by atoms with Crippen molar-refractivity contribution < 1.29 is 51.1 Å². The molecule has 0 spiro atoms. The van der Waals surface area contributed by atoms with Crippen LogP contribution in [0.5, 0.6) is 0 Å². The summed E-state index contributed by atoms with van der Waals surface area (Å²) in [5.74, 6) is 0. The minimum absolute atomic E-state index is 0. The van der Waals surface area contributed by atoms with E-state index in [-0.39, 0.29) is 16.5 Å². The van der Waals surface area contributed by atoms with Gasteiger partial charge in [0.15, 0.2) is 0 Å². The average Bonchev–Trinajstić information content (AvgIpc) is 3.80. The average molecular weight is 659 g/mol. The molecule has 0 fully saturated rings. The first kappa shape index (κ1) is 39.4. The van der Waals surface area contributed by atoms with Gasteiger partial charge in [-0.3, -0.25) is 30.0 Å².